The standard InChI is InChI=1S/C24H22Cl2N2O3/c1-14(16-11-15-6-4-5-7-19(15)27-12-16)10-20(29)28-9-8-17-18(13-28)22(26)24(31-3)23(30-2)21(17)25/h4-7,10-12H,8-9,13H2,1-3H3. The molecule has 1 aliphatic heterocycles. The zero-order valence-corrected chi connectivity index (χ0v) is 19.0. The molecule has 1 aliphatic rings. The molecular weight excluding hydrogens is 435 g/mol. The van der Waals surface area contributed by atoms with Crippen LogP contribution in [0.5, 0.6) is 11.5 Å². The average molecular weight is 457 g/mol. The Morgan fingerprint density at radius 2 is 1.77 bits per heavy atom. The van der Waals surface area contributed by atoms with Crippen LogP contribution in [0, 0.1) is 0 Å². The lowest BCUT2D eigenvalue weighted by atomic mass is 9.98. The largest absolute Gasteiger partial charge is 0.491 e. The first-order valence-electron chi connectivity index (χ1n) is 9.87. The fourth-order valence-electron chi connectivity index (χ4n) is 3.88. The molecule has 5 nitrogen and oxygen atoms in total. The zero-order valence-electron chi connectivity index (χ0n) is 17.5. The Labute approximate surface area is 191 Å². The van der Waals surface area contributed by atoms with E-state index >= 15 is 0 Å². The number of methoxy groups -OCH3 is 2. The van der Waals surface area contributed by atoms with Gasteiger partial charge in [0.05, 0.1) is 29.8 Å². The van der Waals surface area contributed by atoms with E-state index in [0.29, 0.717) is 41.1 Å². The lowest BCUT2D eigenvalue weighted by Crippen LogP contribution is -2.35. The average Bonchev–Trinajstić information content (AvgIpc) is 2.80. The van der Waals surface area contributed by atoms with Gasteiger partial charge in [-0.05, 0) is 47.7 Å². The molecule has 31 heavy (non-hydrogen) atoms. The van der Waals surface area contributed by atoms with Crippen LogP contribution < -0.4 is 9.47 Å². The first kappa shape index (κ1) is 21.5. The molecule has 0 unspecified atom stereocenters. The van der Waals surface area contributed by atoms with E-state index < -0.39 is 0 Å². The third kappa shape index (κ3) is 3.95. The van der Waals surface area contributed by atoms with Crippen LogP contribution in [0.2, 0.25) is 10.0 Å². The number of allylic oxidation sites excluding steroid dienone is 1. The minimum atomic E-state index is -0.0849. The molecule has 0 bridgehead atoms. The van der Waals surface area contributed by atoms with Crippen molar-refractivity contribution in [1.29, 1.82) is 0 Å². The summed E-state index contributed by atoms with van der Waals surface area (Å²) >= 11 is 13.1. The third-order valence-corrected chi connectivity index (χ3v) is 6.39. The van der Waals surface area contributed by atoms with Gasteiger partial charge in [-0.25, -0.2) is 0 Å². The van der Waals surface area contributed by atoms with Gasteiger partial charge in [0, 0.05) is 30.7 Å². The SMILES string of the molecule is COc1c(Cl)c2c(c(Cl)c1OC)CN(C(=O)C=C(C)c1cnc3ccccc3c1)CC2. The maximum absolute atomic E-state index is 13.0. The van der Waals surface area contributed by atoms with Crippen LogP contribution in [-0.2, 0) is 17.8 Å². The van der Waals surface area contributed by atoms with Crippen LogP contribution >= 0.6 is 23.2 Å². The number of amides is 1. The first-order chi connectivity index (χ1) is 14.9. The van der Waals surface area contributed by atoms with Crippen LogP contribution in [0.3, 0.4) is 0 Å². The fraction of sp³-hybridized carbons (Fsp3) is 0.250. The van der Waals surface area contributed by atoms with Crippen LogP contribution in [0.4, 0.5) is 0 Å². The lowest BCUT2D eigenvalue weighted by molar-refractivity contribution is -0.126. The second-order valence-electron chi connectivity index (χ2n) is 7.41. The molecule has 7 heteroatoms. The number of rotatable bonds is 4. The quantitative estimate of drug-likeness (QED) is 0.483. The number of nitrogens with zero attached hydrogens (tertiary/aromatic N) is 2. The number of para-hydroxylation sites is 1. The Balaban J connectivity index is 1.61. The monoisotopic (exact) mass is 456 g/mol. The summed E-state index contributed by atoms with van der Waals surface area (Å²) in [7, 11) is 3.04. The van der Waals surface area contributed by atoms with Crippen molar-refractivity contribution in [3.63, 3.8) is 0 Å². The summed E-state index contributed by atoms with van der Waals surface area (Å²) in [5.74, 6) is 0.724. The Morgan fingerprint density at radius 1 is 1.10 bits per heavy atom. The molecule has 160 valence electrons. The van der Waals surface area contributed by atoms with Crippen molar-refractivity contribution in [1.82, 2.24) is 9.88 Å². The van der Waals surface area contributed by atoms with Crippen molar-refractivity contribution in [2.24, 2.45) is 0 Å². The molecule has 0 radical (unpaired) electrons. The van der Waals surface area contributed by atoms with Crippen molar-refractivity contribution in [3.8, 4) is 11.5 Å². The molecule has 0 aliphatic carbocycles. The third-order valence-electron chi connectivity index (χ3n) is 5.59. The molecule has 1 amide bonds. The number of carbonyl (C=O) groups is 1. The highest BCUT2D eigenvalue weighted by molar-refractivity contribution is 6.37. The second kappa shape index (κ2) is 8.77. The van der Waals surface area contributed by atoms with E-state index in [4.69, 9.17) is 32.7 Å². The van der Waals surface area contributed by atoms with Crippen LogP contribution in [0.25, 0.3) is 16.5 Å². The highest BCUT2D eigenvalue weighted by Crippen LogP contribution is 2.47. The number of ether oxygens (including phenoxy) is 2. The van der Waals surface area contributed by atoms with Gasteiger partial charge in [-0.3, -0.25) is 9.78 Å². The van der Waals surface area contributed by atoms with Gasteiger partial charge < -0.3 is 14.4 Å². The molecule has 1 aromatic heterocycles. The molecular formula is C24H22Cl2N2O3. The summed E-state index contributed by atoms with van der Waals surface area (Å²) in [5.41, 5.74) is 4.38. The van der Waals surface area contributed by atoms with Crippen molar-refractivity contribution >= 4 is 45.6 Å². The number of hydrogen-bond donors (Lipinski definition) is 0. The molecule has 0 N–H and O–H groups in total. The van der Waals surface area contributed by atoms with E-state index in [2.05, 4.69) is 4.98 Å². The van der Waals surface area contributed by atoms with Crippen LogP contribution in [-0.4, -0.2) is 36.6 Å². The Bertz CT molecular complexity index is 1210. The van der Waals surface area contributed by atoms with Crippen LogP contribution in [0.15, 0.2) is 42.6 Å². The van der Waals surface area contributed by atoms with E-state index in [-0.39, 0.29) is 5.91 Å². The second-order valence-corrected chi connectivity index (χ2v) is 8.16. The smallest absolute Gasteiger partial charge is 0.247 e. The van der Waals surface area contributed by atoms with E-state index in [1.54, 1.807) is 17.2 Å². The predicted molar refractivity (Wildman–Crippen MR) is 124 cm³/mol. The molecule has 0 fully saturated rings. The van der Waals surface area contributed by atoms with Gasteiger partial charge >= 0.3 is 0 Å². The number of aromatic nitrogens is 1. The Hall–Kier alpha value is -2.76. The lowest BCUT2D eigenvalue weighted by Gasteiger charge is -2.31. The van der Waals surface area contributed by atoms with E-state index in [1.807, 2.05) is 37.3 Å². The first-order valence-corrected chi connectivity index (χ1v) is 10.6. The van der Waals surface area contributed by atoms with Gasteiger partial charge in [-0.2, -0.15) is 0 Å². The highest BCUT2D eigenvalue weighted by atomic mass is 35.5. The van der Waals surface area contributed by atoms with Crippen molar-refractivity contribution < 1.29 is 14.3 Å². The van der Waals surface area contributed by atoms with Gasteiger partial charge in [0.25, 0.3) is 0 Å². The Kier molecular flexibility index (Phi) is 6.08. The van der Waals surface area contributed by atoms with Gasteiger partial charge in [0.15, 0.2) is 11.5 Å². The van der Waals surface area contributed by atoms with Gasteiger partial charge in [-0.15, -0.1) is 0 Å². The summed E-state index contributed by atoms with van der Waals surface area (Å²) in [6.45, 7) is 2.81. The summed E-state index contributed by atoms with van der Waals surface area (Å²) in [5, 5.41) is 1.95. The van der Waals surface area contributed by atoms with Crippen molar-refractivity contribution in [3.05, 3.63) is 69.3 Å². The number of benzene rings is 2. The van der Waals surface area contributed by atoms with Crippen molar-refractivity contribution in [2.45, 2.75) is 19.9 Å². The summed E-state index contributed by atoms with van der Waals surface area (Å²) < 4.78 is 10.8. The van der Waals surface area contributed by atoms with E-state index in [1.165, 1.54) is 14.2 Å². The topological polar surface area (TPSA) is 51.7 Å². The van der Waals surface area contributed by atoms with E-state index in [9.17, 15) is 4.79 Å². The molecule has 0 atom stereocenters. The molecule has 2 aromatic carbocycles. The number of fused-ring (bicyclic) bond motifs is 2. The van der Waals surface area contributed by atoms with Gasteiger partial charge in [0.2, 0.25) is 5.91 Å². The Morgan fingerprint density at radius 3 is 2.48 bits per heavy atom. The normalized spacial score (nSPS) is 13.8. The number of pyridine rings is 1. The molecule has 0 spiro atoms. The minimum absolute atomic E-state index is 0.0849. The predicted octanol–water partition coefficient (Wildman–Crippen LogP) is 5.55. The minimum Gasteiger partial charge on any atom is -0.491 e. The van der Waals surface area contributed by atoms with Crippen LogP contribution in [0.1, 0.15) is 23.6 Å². The molecule has 2 heterocycles. The van der Waals surface area contributed by atoms with Gasteiger partial charge in [-0.1, -0.05) is 41.4 Å². The fourth-order valence-corrected chi connectivity index (χ4v) is 4.59. The molecule has 0 saturated carbocycles. The summed E-state index contributed by atoms with van der Waals surface area (Å²) in [6, 6.07) is 9.95. The number of carbonyl (C=O) groups excluding carboxylic acids is 1. The zero-order chi connectivity index (χ0) is 22.1. The van der Waals surface area contributed by atoms with Crippen molar-refractivity contribution in [2.75, 3.05) is 20.8 Å². The maximum atomic E-state index is 13.0. The maximum Gasteiger partial charge on any atom is 0.247 e. The van der Waals surface area contributed by atoms with Gasteiger partial charge in [0.1, 0.15) is 0 Å². The summed E-state index contributed by atoms with van der Waals surface area (Å²) in [4.78, 5) is 19.3. The highest BCUT2D eigenvalue weighted by Gasteiger charge is 2.29. The summed E-state index contributed by atoms with van der Waals surface area (Å²) in [6.07, 6.45) is 4.03. The number of halogens is 2. The number of hydrogen-bond acceptors (Lipinski definition) is 4. The molecule has 0 saturated heterocycles. The molecule has 4 rings (SSSR count). The molecule has 3 aromatic rings. The van der Waals surface area contributed by atoms with E-state index in [0.717, 1.165) is 33.2 Å².